The van der Waals surface area contributed by atoms with Crippen LogP contribution in [0.15, 0.2) is 77.9 Å². The Hall–Kier alpha value is -3.41. The Kier molecular flexibility index (Phi) is 7.15. The molecule has 0 saturated carbocycles. The summed E-state index contributed by atoms with van der Waals surface area (Å²) in [6.45, 7) is 5.77. The van der Waals surface area contributed by atoms with Crippen LogP contribution in [0.5, 0.6) is 5.75 Å². The molecule has 0 bridgehead atoms. The van der Waals surface area contributed by atoms with Crippen LogP contribution in [-0.2, 0) is 0 Å². The van der Waals surface area contributed by atoms with Gasteiger partial charge in [0.15, 0.2) is 0 Å². The van der Waals surface area contributed by atoms with Crippen LogP contribution in [0.1, 0.15) is 36.7 Å². The zero-order valence-electron chi connectivity index (χ0n) is 19.0. The van der Waals surface area contributed by atoms with Crippen LogP contribution in [0.4, 0.5) is 0 Å². The first-order valence-electron chi connectivity index (χ1n) is 10.8. The summed E-state index contributed by atoms with van der Waals surface area (Å²) in [4.78, 5) is 17.9. The van der Waals surface area contributed by atoms with Gasteiger partial charge in [-0.05, 0) is 69.3 Å². The van der Waals surface area contributed by atoms with Crippen molar-refractivity contribution in [2.24, 2.45) is 5.10 Å². The fraction of sp³-hybridized carbons (Fsp3) is 0.148. The standard InChI is InChI=1S/C27H23Cl2N3O2/c1-16(2)34-22-6-4-5-19(13-22)17(3)31-32-27(33)24-15-26(18-7-9-20(28)10-8-18)30-25-12-11-21(29)14-23(24)25/h4-16H,1-3H3,(H,32,33)/b31-17-. The Labute approximate surface area is 208 Å². The number of rotatable bonds is 6. The normalized spacial score (nSPS) is 11.6. The second kappa shape index (κ2) is 10.2. The molecule has 1 amide bonds. The van der Waals surface area contributed by atoms with E-state index < -0.39 is 0 Å². The first-order chi connectivity index (χ1) is 16.3. The Morgan fingerprint density at radius 2 is 1.71 bits per heavy atom. The molecule has 0 spiro atoms. The minimum atomic E-state index is -0.362. The number of hydrogen-bond donors (Lipinski definition) is 1. The van der Waals surface area contributed by atoms with Crippen molar-refractivity contribution in [3.63, 3.8) is 0 Å². The summed E-state index contributed by atoms with van der Waals surface area (Å²) in [6.07, 6.45) is 0.0637. The van der Waals surface area contributed by atoms with Gasteiger partial charge >= 0.3 is 0 Å². The van der Waals surface area contributed by atoms with Crippen LogP contribution in [0, 0.1) is 0 Å². The van der Waals surface area contributed by atoms with E-state index in [4.69, 9.17) is 32.9 Å². The number of nitrogens with zero attached hydrogens (tertiary/aromatic N) is 2. The lowest BCUT2D eigenvalue weighted by Gasteiger charge is -2.11. The molecule has 4 aromatic rings. The number of carbonyl (C=O) groups is 1. The fourth-order valence-corrected chi connectivity index (χ4v) is 3.78. The van der Waals surface area contributed by atoms with E-state index in [1.807, 2.05) is 57.2 Å². The predicted octanol–water partition coefficient (Wildman–Crippen LogP) is 7.15. The third-order valence-corrected chi connectivity index (χ3v) is 5.59. The molecule has 3 aromatic carbocycles. The monoisotopic (exact) mass is 491 g/mol. The van der Waals surface area contributed by atoms with Crippen molar-refractivity contribution in [3.8, 4) is 17.0 Å². The van der Waals surface area contributed by atoms with Gasteiger partial charge in [0.1, 0.15) is 5.75 Å². The fourth-order valence-electron chi connectivity index (χ4n) is 3.48. The number of fused-ring (bicyclic) bond motifs is 1. The van der Waals surface area contributed by atoms with Gasteiger partial charge < -0.3 is 4.74 Å². The van der Waals surface area contributed by atoms with Crippen LogP contribution in [0.25, 0.3) is 22.2 Å². The number of carbonyl (C=O) groups excluding carboxylic acids is 1. The third kappa shape index (κ3) is 5.56. The van der Waals surface area contributed by atoms with Gasteiger partial charge in [0.25, 0.3) is 5.91 Å². The largest absolute Gasteiger partial charge is 0.491 e. The molecule has 1 heterocycles. The van der Waals surface area contributed by atoms with E-state index in [0.29, 0.717) is 37.9 Å². The minimum absolute atomic E-state index is 0.0637. The highest BCUT2D eigenvalue weighted by atomic mass is 35.5. The van der Waals surface area contributed by atoms with Gasteiger partial charge in [-0.25, -0.2) is 10.4 Å². The smallest absolute Gasteiger partial charge is 0.272 e. The molecule has 1 N–H and O–H groups in total. The molecule has 4 rings (SSSR count). The lowest BCUT2D eigenvalue weighted by molar-refractivity contribution is 0.0956. The van der Waals surface area contributed by atoms with Gasteiger partial charge in [-0.1, -0.05) is 47.5 Å². The Bertz CT molecular complexity index is 1380. The maximum Gasteiger partial charge on any atom is 0.272 e. The van der Waals surface area contributed by atoms with Gasteiger partial charge in [0, 0.05) is 26.6 Å². The summed E-state index contributed by atoms with van der Waals surface area (Å²) in [6, 6.07) is 21.9. The van der Waals surface area contributed by atoms with Crippen LogP contribution < -0.4 is 10.2 Å². The Morgan fingerprint density at radius 1 is 0.971 bits per heavy atom. The molecule has 0 fully saturated rings. The van der Waals surface area contributed by atoms with E-state index in [9.17, 15) is 4.79 Å². The SMILES string of the molecule is C/C(=N/NC(=O)c1cc(-c2ccc(Cl)cc2)nc2ccc(Cl)cc12)c1cccc(OC(C)C)c1. The van der Waals surface area contributed by atoms with Crippen LogP contribution in [0.3, 0.4) is 0 Å². The molecule has 5 nitrogen and oxygen atoms in total. The quantitative estimate of drug-likeness (QED) is 0.230. The molecule has 0 aliphatic carbocycles. The van der Waals surface area contributed by atoms with Gasteiger partial charge in [-0.3, -0.25) is 4.79 Å². The molecule has 7 heteroatoms. The van der Waals surface area contributed by atoms with E-state index in [-0.39, 0.29) is 12.0 Å². The van der Waals surface area contributed by atoms with Crippen LogP contribution in [0.2, 0.25) is 10.0 Å². The van der Waals surface area contributed by atoms with Gasteiger partial charge in [0.05, 0.1) is 28.6 Å². The highest BCUT2D eigenvalue weighted by Crippen LogP contribution is 2.28. The van der Waals surface area contributed by atoms with Gasteiger partial charge in [-0.15, -0.1) is 0 Å². The lowest BCUT2D eigenvalue weighted by atomic mass is 10.0. The molecule has 34 heavy (non-hydrogen) atoms. The zero-order valence-corrected chi connectivity index (χ0v) is 20.5. The maximum absolute atomic E-state index is 13.2. The minimum Gasteiger partial charge on any atom is -0.491 e. The number of benzene rings is 3. The van der Waals surface area contributed by atoms with E-state index in [0.717, 1.165) is 16.9 Å². The topological polar surface area (TPSA) is 63.6 Å². The molecular formula is C27H23Cl2N3O2. The molecule has 172 valence electrons. The predicted molar refractivity (Wildman–Crippen MR) is 139 cm³/mol. The van der Waals surface area contributed by atoms with Crippen molar-refractivity contribution in [1.29, 1.82) is 0 Å². The highest BCUT2D eigenvalue weighted by molar-refractivity contribution is 6.31. The summed E-state index contributed by atoms with van der Waals surface area (Å²) in [7, 11) is 0. The molecule has 0 aliphatic rings. The highest BCUT2D eigenvalue weighted by Gasteiger charge is 2.15. The number of pyridine rings is 1. The molecule has 1 aromatic heterocycles. The molecule has 0 saturated heterocycles. The second-order valence-corrected chi connectivity index (χ2v) is 8.93. The first kappa shape index (κ1) is 23.7. The van der Waals surface area contributed by atoms with E-state index in [2.05, 4.69) is 10.5 Å². The molecule has 0 unspecified atom stereocenters. The van der Waals surface area contributed by atoms with Crippen LogP contribution >= 0.6 is 23.2 Å². The van der Waals surface area contributed by atoms with Crippen molar-refractivity contribution in [1.82, 2.24) is 10.4 Å². The van der Waals surface area contributed by atoms with Crippen molar-refractivity contribution in [3.05, 3.63) is 94.0 Å². The number of amides is 1. The van der Waals surface area contributed by atoms with E-state index >= 15 is 0 Å². The molecular weight excluding hydrogens is 469 g/mol. The second-order valence-electron chi connectivity index (χ2n) is 8.06. The lowest BCUT2D eigenvalue weighted by Crippen LogP contribution is -2.20. The molecule has 0 atom stereocenters. The third-order valence-electron chi connectivity index (χ3n) is 5.10. The molecule has 0 aliphatic heterocycles. The van der Waals surface area contributed by atoms with Crippen molar-refractivity contribution in [2.45, 2.75) is 26.9 Å². The maximum atomic E-state index is 13.2. The zero-order chi connectivity index (χ0) is 24.2. The summed E-state index contributed by atoms with van der Waals surface area (Å²) in [5, 5.41) is 6.11. The van der Waals surface area contributed by atoms with Gasteiger partial charge in [-0.2, -0.15) is 5.10 Å². The average molecular weight is 492 g/mol. The number of aromatic nitrogens is 1. The van der Waals surface area contributed by atoms with Crippen LogP contribution in [-0.4, -0.2) is 22.7 Å². The number of ether oxygens (including phenoxy) is 1. The Morgan fingerprint density at radius 3 is 2.44 bits per heavy atom. The number of hydrogen-bond acceptors (Lipinski definition) is 4. The number of nitrogens with one attached hydrogen (secondary N) is 1. The average Bonchev–Trinajstić information content (AvgIpc) is 2.82. The van der Waals surface area contributed by atoms with Gasteiger partial charge in [0.2, 0.25) is 0 Å². The van der Waals surface area contributed by atoms with Crippen molar-refractivity contribution >= 4 is 45.7 Å². The first-order valence-corrected chi connectivity index (χ1v) is 11.5. The van der Waals surface area contributed by atoms with Crippen molar-refractivity contribution < 1.29 is 9.53 Å². The molecule has 0 radical (unpaired) electrons. The van der Waals surface area contributed by atoms with Crippen molar-refractivity contribution in [2.75, 3.05) is 0 Å². The summed E-state index contributed by atoms with van der Waals surface area (Å²) in [5.74, 6) is 0.384. The summed E-state index contributed by atoms with van der Waals surface area (Å²) < 4.78 is 5.75. The summed E-state index contributed by atoms with van der Waals surface area (Å²) in [5.41, 5.74) is 6.74. The van der Waals surface area contributed by atoms with E-state index in [1.165, 1.54) is 0 Å². The summed E-state index contributed by atoms with van der Waals surface area (Å²) >= 11 is 12.2. The number of hydrazone groups is 1. The van der Waals surface area contributed by atoms with E-state index in [1.54, 1.807) is 36.4 Å². The number of halogens is 2. The Balaban J connectivity index is 1.67.